The number of aryl methyl sites for hydroxylation is 1. The van der Waals surface area contributed by atoms with Crippen LogP contribution < -0.4 is 0 Å². The first kappa shape index (κ1) is 18.2. The largest absolute Gasteiger partial charge is 0.354 e. The predicted octanol–water partition coefficient (Wildman–Crippen LogP) is 6.07. The average Bonchev–Trinajstić information content (AvgIpc) is 3.48. The van der Waals surface area contributed by atoms with E-state index < -0.39 is 0 Å². The maximum absolute atomic E-state index is 13.2. The SMILES string of the molecule is C=CN1CCC(C(c2cccs2)c2c(CC)ccc3c2[nH]c2ccccc23)C1=O. The van der Waals surface area contributed by atoms with E-state index in [9.17, 15) is 4.79 Å². The molecule has 1 N–H and O–H groups in total. The summed E-state index contributed by atoms with van der Waals surface area (Å²) in [5, 5.41) is 4.59. The van der Waals surface area contributed by atoms with Crippen molar-refractivity contribution in [1.29, 1.82) is 0 Å². The predicted molar refractivity (Wildman–Crippen MR) is 121 cm³/mol. The van der Waals surface area contributed by atoms with E-state index in [0.29, 0.717) is 0 Å². The molecule has 29 heavy (non-hydrogen) atoms. The van der Waals surface area contributed by atoms with Crippen molar-refractivity contribution in [2.75, 3.05) is 6.54 Å². The van der Waals surface area contributed by atoms with Crippen LogP contribution in [0.3, 0.4) is 0 Å². The number of rotatable bonds is 5. The van der Waals surface area contributed by atoms with E-state index >= 15 is 0 Å². The number of H-pyrrole nitrogens is 1. The minimum absolute atomic E-state index is 0.0548. The van der Waals surface area contributed by atoms with Gasteiger partial charge in [0.05, 0.1) is 11.4 Å². The molecule has 0 saturated carbocycles. The van der Waals surface area contributed by atoms with Gasteiger partial charge in [0.25, 0.3) is 0 Å². The maximum Gasteiger partial charge on any atom is 0.230 e. The van der Waals surface area contributed by atoms with Crippen molar-refractivity contribution in [2.24, 2.45) is 5.92 Å². The van der Waals surface area contributed by atoms with Gasteiger partial charge in [0.15, 0.2) is 0 Å². The first-order chi connectivity index (χ1) is 14.2. The molecule has 3 heterocycles. The number of carbonyl (C=O) groups excluding carboxylic acids is 1. The third kappa shape index (κ3) is 2.82. The number of benzene rings is 2. The molecule has 3 nitrogen and oxygen atoms in total. The van der Waals surface area contributed by atoms with Crippen molar-refractivity contribution in [3.8, 4) is 0 Å². The Kier molecular flexibility index (Phi) is 4.51. The number of aromatic nitrogens is 1. The number of likely N-dealkylation sites (tertiary alicyclic amines) is 1. The van der Waals surface area contributed by atoms with Crippen LogP contribution in [0.1, 0.15) is 35.3 Å². The summed E-state index contributed by atoms with van der Waals surface area (Å²) in [6.07, 6.45) is 3.47. The third-order valence-electron chi connectivity index (χ3n) is 6.26. The molecule has 4 heteroatoms. The molecule has 2 unspecified atom stereocenters. The topological polar surface area (TPSA) is 36.1 Å². The molecule has 2 aromatic heterocycles. The van der Waals surface area contributed by atoms with Crippen LogP contribution in [0, 0.1) is 5.92 Å². The fourth-order valence-corrected chi connectivity index (χ4v) is 5.77. The standard InChI is InChI=1S/C25H24N2OS/c1-3-16-11-12-18-17-8-5-6-9-20(17)26-24(18)22(16)23(21-10-7-15-29-21)19-13-14-27(4-2)25(19)28/h4-12,15,19,23,26H,2-3,13-14H2,1H3. The first-order valence-electron chi connectivity index (χ1n) is 10.2. The number of hydrogen-bond donors (Lipinski definition) is 1. The van der Waals surface area contributed by atoms with Crippen LogP contribution in [0.25, 0.3) is 21.8 Å². The summed E-state index contributed by atoms with van der Waals surface area (Å²) in [6.45, 7) is 6.79. The Labute approximate surface area is 174 Å². The number of nitrogens with zero attached hydrogens (tertiary/aromatic N) is 1. The Balaban J connectivity index is 1.80. The second-order valence-corrected chi connectivity index (χ2v) is 8.67. The number of thiophene rings is 1. The number of nitrogens with one attached hydrogen (secondary N) is 1. The minimum atomic E-state index is -0.0611. The fourth-order valence-electron chi connectivity index (χ4n) is 4.87. The number of aromatic amines is 1. The van der Waals surface area contributed by atoms with Gasteiger partial charge < -0.3 is 9.88 Å². The highest BCUT2D eigenvalue weighted by molar-refractivity contribution is 7.10. The van der Waals surface area contributed by atoms with E-state index in [0.717, 1.165) is 24.9 Å². The van der Waals surface area contributed by atoms with Crippen molar-refractivity contribution < 1.29 is 4.79 Å². The van der Waals surface area contributed by atoms with Crippen LogP contribution in [-0.2, 0) is 11.2 Å². The summed E-state index contributed by atoms with van der Waals surface area (Å²) in [4.78, 5) is 19.9. The van der Waals surface area contributed by atoms with Gasteiger partial charge in [0, 0.05) is 33.6 Å². The summed E-state index contributed by atoms with van der Waals surface area (Å²) in [6, 6.07) is 17.2. The molecule has 4 aromatic rings. The maximum atomic E-state index is 13.2. The van der Waals surface area contributed by atoms with Crippen molar-refractivity contribution in [1.82, 2.24) is 9.88 Å². The Morgan fingerprint density at radius 1 is 1.21 bits per heavy atom. The van der Waals surface area contributed by atoms with Gasteiger partial charge in [-0.3, -0.25) is 4.79 Å². The highest BCUT2D eigenvalue weighted by Gasteiger charge is 2.40. The second-order valence-electron chi connectivity index (χ2n) is 7.69. The highest BCUT2D eigenvalue weighted by atomic mass is 32.1. The number of fused-ring (bicyclic) bond motifs is 3. The van der Waals surface area contributed by atoms with Gasteiger partial charge in [-0.2, -0.15) is 0 Å². The summed E-state index contributed by atoms with van der Waals surface area (Å²) >= 11 is 1.75. The van der Waals surface area contributed by atoms with Crippen LogP contribution in [-0.4, -0.2) is 22.3 Å². The third-order valence-corrected chi connectivity index (χ3v) is 7.21. The zero-order chi connectivity index (χ0) is 20.0. The van der Waals surface area contributed by atoms with Crippen LogP contribution in [0.15, 0.2) is 66.7 Å². The van der Waals surface area contributed by atoms with E-state index in [2.05, 4.69) is 72.4 Å². The smallest absolute Gasteiger partial charge is 0.230 e. The lowest BCUT2D eigenvalue weighted by molar-refractivity contribution is -0.129. The van der Waals surface area contributed by atoms with Gasteiger partial charge in [0.1, 0.15) is 0 Å². The summed E-state index contributed by atoms with van der Waals surface area (Å²) in [5.41, 5.74) is 4.92. The zero-order valence-electron chi connectivity index (χ0n) is 16.5. The molecule has 1 saturated heterocycles. The lowest BCUT2D eigenvalue weighted by atomic mass is 9.80. The molecule has 0 radical (unpaired) electrons. The number of hydrogen-bond acceptors (Lipinski definition) is 2. The monoisotopic (exact) mass is 400 g/mol. The summed E-state index contributed by atoms with van der Waals surface area (Å²) < 4.78 is 0. The molecule has 2 atom stereocenters. The van der Waals surface area contributed by atoms with E-state index in [-0.39, 0.29) is 17.7 Å². The molecule has 1 aliphatic heterocycles. The van der Waals surface area contributed by atoms with Crippen LogP contribution in [0.2, 0.25) is 0 Å². The van der Waals surface area contributed by atoms with E-state index in [1.807, 2.05) is 0 Å². The molecule has 2 aromatic carbocycles. The minimum Gasteiger partial charge on any atom is -0.354 e. The van der Waals surface area contributed by atoms with Crippen LogP contribution in [0.4, 0.5) is 0 Å². The Bertz CT molecular complexity index is 1200. The highest BCUT2D eigenvalue weighted by Crippen LogP contribution is 2.45. The van der Waals surface area contributed by atoms with E-state index in [4.69, 9.17) is 0 Å². The van der Waals surface area contributed by atoms with Crippen LogP contribution >= 0.6 is 11.3 Å². The normalized spacial score (nSPS) is 18.0. The molecular formula is C25H24N2OS. The van der Waals surface area contributed by atoms with Gasteiger partial charge in [-0.1, -0.05) is 49.9 Å². The van der Waals surface area contributed by atoms with Crippen molar-refractivity contribution in [3.63, 3.8) is 0 Å². The van der Waals surface area contributed by atoms with Crippen molar-refractivity contribution in [2.45, 2.75) is 25.7 Å². The van der Waals surface area contributed by atoms with E-state index in [1.54, 1.807) is 22.4 Å². The zero-order valence-corrected chi connectivity index (χ0v) is 17.3. The average molecular weight is 401 g/mol. The van der Waals surface area contributed by atoms with Gasteiger partial charge in [0.2, 0.25) is 5.91 Å². The summed E-state index contributed by atoms with van der Waals surface area (Å²) in [7, 11) is 0. The molecule has 5 rings (SSSR count). The number of amides is 1. The van der Waals surface area contributed by atoms with Gasteiger partial charge in [-0.05, 0) is 47.7 Å². The van der Waals surface area contributed by atoms with Gasteiger partial charge in [-0.15, -0.1) is 11.3 Å². The van der Waals surface area contributed by atoms with Crippen molar-refractivity contribution >= 4 is 39.0 Å². The second kappa shape index (κ2) is 7.20. The number of para-hydroxylation sites is 1. The van der Waals surface area contributed by atoms with E-state index in [1.165, 1.54) is 32.3 Å². The van der Waals surface area contributed by atoms with Gasteiger partial charge in [-0.25, -0.2) is 0 Å². The molecule has 1 amide bonds. The lowest BCUT2D eigenvalue weighted by Gasteiger charge is -2.25. The number of carbonyl (C=O) groups is 1. The molecule has 0 spiro atoms. The van der Waals surface area contributed by atoms with Crippen LogP contribution in [0.5, 0.6) is 0 Å². The van der Waals surface area contributed by atoms with Gasteiger partial charge >= 0.3 is 0 Å². The lowest BCUT2D eigenvalue weighted by Crippen LogP contribution is -2.26. The fraction of sp³-hybridized carbons (Fsp3) is 0.240. The Morgan fingerprint density at radius 3 is 2.79 bits per heavy atom. The van der Waals surface area contributed by atoms with Crippen molar-refractivity contribution in [3.05, 3.63) is 82.7 Å². The molecule has 1 fully saturated rings. The Morgan fingerprint density at radius 2 is 2.07 bits per heavy atom. The first-order valence-corrected chi connectivity index (χ1v) is 11.1. The quantitative estimate of drug-likeness (QED) is 0.434. The molecule has 146 valence electrons. The molecule has 0 aliphatic carbocycles. The Hall–Kier alpha value is -2.85. The molecule has 1 aliphatic rings. The summed E-state index contributed by atoms with van der Waals surface area (Å²) in [5.74, 6) is 0.182. The molecular weight excluding hydrogens is 376 g/mol. The molecule has 0 bridgehead atoms.